The second-order valence-corrected chi connectivity index (χ2v) is 10.0. The molecule has 3 aromatic heterocycles. The molecule has 1 saturated carbocycles. The van der Waals surface area contributed by atoms with Crippen molar-refractivity contribution in [2.45, 2.75) is 44.8 Å². The fourth-order valence-corrected chi connectivity index (χ4v) is 5.39. The normalized spacial score (nSPS) is 17.4. The van der Waals surface area contributed by atoms with E-state index in [1.54, 1.807) is 12.3 Å². The van der Waals surface area contributed by atoms with E-state index in [0.29, 0.717) is 24.0 Å². The van der Waals surface area contributed by atoms with Crippen molar-refractivity contribution in [2.75, 3.05) is 0 Å². The Kier molecular flexibility index (Phi) is 6.93. The van der Waals surface area contributed by atoms with Crippen LogP contribution in [0.5, 0.6) is 5.75 Å². The first kappa shape index (κ1) is 25.2. The second kappa shape index (κ2) is 11.0. The molecule has 0 amide bonds. The Morgan fingerprint density at radius 1 is 1.12 bits per heavy atom. The van der Waals surface area contributed by atoms with Gasteiger partial charge in [0.05, 0.1) is 23.5 Å². The molecule has 0 aliphatic heterocycles. The van der Waals surface area contributed by atoms with E-state index in [2.05, 4.69) is 30.8 Å². The molecule has 0 saturated heterocycles. The number of azo groups is 1. The molecule has 0 radical (unpaired) electrons. The zero-order valence-electron chi connectivity index (χ0n) is 21.7. The highest BCUT2D eigenvalue weighted by molar-refractivity contribution is 6.02. The highest BCUT2D eigenvalue weighted by Gasteiger charge is 2.27. The number of ether oxygens (including phenoxy) is 1. The summed E-state index contributed by atoms with van der Waals surface area (Å²) in [6.07, 6.45) is 7.90. The van der Waals surface area contributed by atoms with Gasteiger partial charge in [-0.05, 0) is 61.4 Å². The lowest BCUT2D eigenvalue weighted by Crippen LogP contribution is -2.18. The Morgan fingerprint density at radius 2 is 1.95 bits per heavy atom. The smallest absolute Gasteiger partial charge is 0.342 e. The molecule has 0 unspecified atom stereocenters. The summed E-state index contributed by atoms with van der Waals surface area (Å²) in [7, 11) is 0. The summed E-state index contributed by atoms with van der Waals surface area (Å²) in [5, 5.41) is 29.3. The standard InChI is InChI=1S/C30H27N7O3/c31-14-12-19-6-9-22(10-7-19)37-27-23-13-15-32-28(23)33-17-25(27)34-30(37)36-35-21-8-11-26(38)24(16-21)29(39)40-18-20-4-2-1-3-5-20/h1-5,8,11,13,15-17,19,22,38H,6-7,9-10,12,18H2,(H,32,33)/b36-35+. The van der Waals surface area contributed by atoms with Gasteiger partial charge in [0.1, 0.15) is 29.1 Å². The predicted molar refractivity (Wildman–Crippen MR) is 148 cm³/mol. The number of phenolic OH excluding ortho intramolecular Hbond substituents is 1. The molecule has 0 bridgehead atoms. The Bertz CT molecular complexity index is 1740. The summed E-state index contributed by atoms with van der Waals surface area (Å²) in [6.45, 7) is 0.0904. The molecule has 5 aromatic rings. The number of imidazole rings is 1. The van der Waals surface area contributed by atoms with E-state index in [4.69, 9.17) is 15.0 Å². The topological polar surface area (TPSA) is 142 Å². The molecule has 2 N–H and O–H groups in total. The molecule has 6 rings (SSSR count). The molecule has 10 heteroatoms. The summed E-state index contributed by atoms with van der Waals surface area (Å²) in [4.78, 5) is 25.1. The van der Waals surface area contributed by atoms with Crippen molar-refractivity contribution in [1.82, 2.24) is 19.5 Å². The molecule has 1 aliphatic carbocycles. The van der Waals surface area contributed by atoms with Crippen LogP contribution in [0.15, 0.2) is 77.2 Å². The van der Waals surface area contributed by atoms with Crippen LogP contribution < -0.4 is 0 Å². The third-order valence-electron chi connectivity index (χ3n) is 7.44. The van der Waals surface area contributed by atoms with Crippen molar-refractivity contribution in [3.8, 4) is 11.8 Å². The van der Waals surface area contributed by atoms with Crippen molar-refractivity contribution in [3.05, 3.63) is 78.1 Å². The number of aromatic nitrogens is 4. The van der Waals surface area contributed by atoms with Gasteiger partial charge in [0.2, 0.25) is 0 Å². The van der Waals surface area contributed by atoms with E-state index >= 15 is 0 Å². The number of hydrogen-bond donors (Lipinski definition) is 2. The summed E-state index contributed by atoms with van der Waals surface area (Å²) < 4.78 is 7.53. The maximum atomic E-state index is 12.7. The summed E-state index contributed by atoms with van der Waals surface area (Å²) in [5.41, 5.74) is 3.67. The van der Waals surface area contributed by atoms with Crippen LogP contribution in [0.1, 0.15) is 54.1 Å². The number of nitrogens with zero attached hydrogens (tertiary/aromatic N) is 6. The number of phenols is 1. The van der Waals surface area contributed by atoms with Crippen LogP contribution in [0.4, 0.5) is 11.6 Å². The largest absolute Gasteiger partial charge is 0.507 e. The van der Waals surface area contributed by atoms with Crippen molar-refractivity contribution in [1.29, 1.82) is 5.26 Å². The van der Waals surface area contributed by atoms with Crippen LogP contribution in [-0.2, 0) is 11.3 Å². The lowest BCUT2D eigenvalue weighted by Gasteiger charge is -2.29. The number of nitrogens with one attached hydrogen (secondary N) is 1. The number of carbonyl (C=O) groups is 1. The van der Waals surface area contributed by atoms with Crippen LogP contribution in [0.3, 0.4) is 0 Å². The lowest BCUT2D eigenvalue weighted by molar-refractivity contribution is 0.0469. The molecule has 40 heavy (non-hydrogen) atoms. The van der Waals surface area contributed by atoms with Gasteiger partial charge in [-0.3, -0.25) is 0 Å². The number of esters is 1. The first-order valence-corrected chi connectivity index (χ1v) is 13.3. The van der Waals surface area contributed by atoms with Gasteiger partial charge in [0.25, 0.3) is 5.95 Å². The van der Waals surface area contributed by atoms with E-state index in [1.807, 2.05) is 42.6 Å². The van der Waals surface area contributed by atoms with Gasteiger partial charge in [0, 0.05) is 24.0 Å². The van der Waals surface area contributed by atoms with Crippen molar-refractivity contribution < 1.29 is 14.6 Å². The number of H-pyrrole nitrogens is 1. The van der Waals surface area contributed by atoms with Crippen LogP contribution in [0.2, 0.25) is 0 Å². The highest BCUT2D eigenvalue weighted by atomic mass is 16.5. The number of benzene rings is 2. The molecule has 3 heterocycles. The van der Waals surface area contributed by atoms with Crippen molar-refractivity contribution in [3.63, 3.8) is 0 Å². The maximum absolute atomic E-state index is 12.7. The molecule has 0 spiro atoms. The van der Waals surface area contributed by atoms with Gasteiger partial charge < -0.3 is 19.4 Å². The quantitative estimate of drug-likeness (QED) is 0.170. The third kappa shape index (κ3) is 5.01. The van der Waals surface area contributed by atoms with Crippen molar-refractivity contribution in [2.24, 2.45) is 16.1 Å². The van der Waals surface area contributed by atoms with E-state index in [9.17, 15) is 9.90 Å². The third-order valence-corrected chi connectivity index (χ3v) is 7.44. The number of fused-ring (bicyclic) bond motifs is 3. The first-order valence-electron chi connectivity index (χ1n) is 13.3. The highest BCUT2D eigenvalue weighted by Crippen LogP contribution is 2.40. The van der Waals surface area contributed by atoms with Crippen LogP contribution in [-0.4, -0.2) is 30.6 Å². The maximum Gasteiger partial charge on any atom is 0.342 e. The minimum atomic E-state index is -0.652. The monoisotopic (exact) mass is 533 g/mol. The average molecular weight is 534 g/mol. The van der Waals surface area contributed by atoms with Crippen molar-refractivity contribution >= 4 is 39.7 Å². The zero-order valence-corrected chi connectivity index (χ0v) is 21.7. The van der Waals surface area contributed by atoms with Gasteiger partial charge in [-0.1, -0.05) is 30.3 Å². The number of hydrogen-bond acceptors (Lipinski definition) is 8. The molecule has 1 fully saturated rings. The molecular weight excluding hydrogens is 506 g/mol. The lowest BCUT2D eigenvalue weighted by atomic mass is 9.84. The number of rotatable bonds is 7. The Hall–Kier alpha value is -5.04. The Balaban J connectivity index is 1.31. The minimum absolute atomic E-state index is 0.00919. The van der Waals surface area contributed by atoms with Gasteiger partial charge in [0.15, 0.2) is 0 Å². The van der Waals surface area contributed by atoms with E-state index in [0.717, 1.165) is 53.3 Å². The van der Waals surface area contributed by atoms with E-state index in [-0.39, 0.29) is 24.0 Å². The summed E-state index contributed by atoms with van der Waals surface area (Å²) >= 11 is 0. The SMILES string of the molecule is N#CCC1CCC(n2c(/N=N/c3ccc(O)c(C(=O)OCc4ccccc4)c3)nc3cnc4[nH]ccc4c32)CC1. The molecule has 2 aromatic carbocycles. The molecule has 1 aliphatic rings. The predicted octanol–water partition coefficient (Wildman–Crippen LogP) is 7.04. The van der Waals surface area contributed by atoms with Gasteiger partial charge in [-0.15, -0.1) is 10.2 Å². The fourth-order valence-electron chi connectivity index (χ4n) is 5.39. The zero-order chi connectivity index (χ0) is 27.5. The summed E-state index contributed by atoms with van der Waals surface area (Å²) in [5.74, 6) is 0.00244. The van der Waals surface area contributed by atoms with Gasteiger partial charge in [-0.25, -0.2) is 14.8 Å². The molecular formula is C30H27N7O3. The van der Waals surface area contributed by atoms with E-state index < -0.39 is 5.97 Å². The second-order valence-electron chi connectivity index (χ2n) is 10.0. The molecule has 200 valence electrons. The first-order chi connectivity index (χ1) is 19.6. The van der Waals surface area contributed by atoms with Crippen LogP contribution in [0.25, 0.3) is 22.1 Å². The van der Waals surface area contributed by atoms with Gasteiger partial charge in [-0.2, -0.15) is 5.26 Å². The Labute approximate surface area is 230 Å². The van der Waals surface area contributed by atoms with Crippen LogP contribution >= 0.6 is 0 Å². The Morgan fingerprint density at radius 3 is 2.75 bits per heavy atom. The number of aromatic amines is 1. The minimum Gasteiger partial charge on any atom is -0.507 e. The number of carbonyl (C=O) groups excluding carboxylic acids is 1. The molecule has 10 nitrogen and oxygen atoms in total. The van der Waals surface area contributed by atoms with Crippen LogP contribution in [0, 0.1) is 17.2 Å². The average Bonchev–Trinajstić information content (AvgIpc) is 3.61. The number of pyridine rings is 1. The summed E-state index contributed by atoms with van der Waals surface area (Å²) in [6, 6.07) is 18.2. The number of aromatic hydroxyl groups is 1. The fraction of sp³-hybridized carbons (Fsp3) is 0.267. The van der Waals surface area contributed by atoms with E-state index in [1.165, 1.54) is 12.1 Å². The molecule has 0 atom stereocenters. The van der Waals surface area contributed by atoms with Gasteiger partial charge >= 0.3 is 5.97 Å². The number of nitriles is 1.